The Kier molecular flexibility index (Phi) is 6.96. The van der Waals surface area contributed by atoms with Crippen molar-refractivity contribution in [2.75, 3.05) is 6.54 Å². The summed E-state index contributed by atoms with van der Waals surface area (Å²) >= 11 is 0. The highest BCUT2D eigenvalue weighted by molar-refractivity contribution is 8.08. The lowest BCUT2D eigenvalue weighted by molar-refractivity contribution is 0.364. The first kappa shape index (κ1) is 19.4. The van der Waals surface area contributed by atoms with Crippen molar-refractivity contribution in [2.45, 2.75) is 37.0 Å². The predicted octanol–water partition coefficient (Wildman–Crippen LogP) is 3.90. The molecule has 0 spiro atoms. The molecule has 2 aromatic rings. The van der Waals surface area contributed by atoms with E-state index in [4.69, 9.17) is 0 Å². The number of rotatable bonds is 7. The normalized spacial score (nSPS) is 13.1. The summed E-state index contributed by atoms with van der Waals surface area (Å²) in [5, 5.41) is 13.2. The number of aliphatic hydroxyl groups excluding tert-OH is 1. The lowest BCUT2D eigenvalue weighted by Gasteiger charge is -2.12. The molecule has 0 radical (unpaired) electrons. The maximum atomic E-state index is 13.0. The van der Waals surface area contributed by atoms with Crippen molar-refractivity contribution in [3.05, 3.63) is 69.8 Å². The van der Waals surface area contributed by atoms with Crippen molar-refractivity contribution in [1.82, 2.24) is 5.32 Å². The first-order valence-electron chi connectivity index (χ1n) is 8.08. The molecule has 0 amide bonds. The second-order valence-corrected chi connectivity index (χ2v) is 8.82. The van der Waals surface area contributed by atoms with E-state index in [1.807, 2.05) is 45.0 Å². The molecule has 25 heavy (non-hydrogen) atoms. The maximum absolute atomic E-state index is 13.0. The van der Waals surface area contributed by atoms with Crippen LogP contribution in [-0.4, -0.2) is 20.1 Å². The minimum Gasteiger partial charge on any atom is -0.494 e. The molecule has 0 saturated heterocycles. The molecule has 2 aromatic carbocycles. The fourth-order valence-corrected chi connectivity index (χ4v) is 4.92. The Morgan fingerprint density at radius 3 is 1.64 bits per heavy atom. The minimum atomic E-state index is -1.73. The highest BCUT2D eigenvalue weighted by Gasteiger charge is 2.24. The van der Waals surface area contributed by atoms with Gasteiger partial charge in [0.2, 0.25) is 5.88 Å². The summed E-state index contributed by atoms with van der Waals surface area (Å²) < 4.78 is 26.0. The van der Waals surface area contributed by atoms with Crippen LogP contribution in [0.15, 0.2) is 68.4 Å². The highest BCUT2D eigenvalue weighted by atomic mass is 32.2. The van der Waals surface area contributed by atoms with Crippen LogP contribution in [0.2, 0.25) is 0 Å². The molecular formula is C19H23NO3S2. The monoisotopic (exact) mass is 377 g/mol. The van der Waals surface area contributed by atoms with Crippen LogP contribution in [0.3, 0.4) is 0 Å². The average molecular weight is 378 g/mol. The van der Waals surface area contributed by atoms with Crippen molar-refractivity contribution < 1.29 is 13.5 Å². The third kappa shape index (κ3) is 5.03. The van der Waals surface area contributed by atoms with E-state index in [1.54, 1.807) is 24.3 Å². The lowest BCUT2D eigenvalue weighted by atomic mass is 10.2. The molecule has 0 aliphatic carbocycles. The van der Waals surface area contributed by atoms with Gasteiger partial charge in [-0.25, -0.2) is 8.42 Å². The van der Waals surface area contributed by atoms with Gasteiger partial charge in [-0.1, -0.05) is 42.3 Å². The second kappa shape index (κ2) is 8.97. The standard InChI is InChI=1S/C19H23NO3S2/c1-4-13-20-18(21)19(24(22)16-9-5-14(2)6-10-16)25(23)17-11-7-15(3)8-12-17/h5-12,20-21H,4,13H2,1-3H3. The van der Waals surface area contributed by atoms with Gasteiger partial charge in [-0.15, -0.1) is 0 Å². The largest absolute Gasteiger partial charge is 0.494 e. The van der Waals surface area contributed by atoms with Crippen molar-refractivity contribution in [1.29, 1.82) is 0 Å². The molecule has 2 unspecified atom stereocenters. The van der Waals surface area contributed by atoms with Crippen LogP contribution in [0.1, 0.15) is 24.5 Å². The van der Waals surface area contributed by atoms with Crippen LogP contribution >= 0.6 is 0 Å². The van der Waals surface area contributed by atoms with Gasteiger partial charge in [0.1, 0.15) is 0 Å². The molecule has 0 fully saturated rings. The zero-order chi connectivity index (χ0) is 18.4. The van der Waals surface area contributed by atoms with Crippen molar-refractivity contribution in [3.8, 4) is 0 Å². The van der Waals surface area contributed by atoms with Gasteiger partial charge in [0.05, 0.1) is 21.6 Å². The van der Waals surface area contributed by atoms with Gasteiger partial charge in [-0.05, 0) is 44.5 Å². The van der Waals surface area contributed by atoms with E-state index in [1.165, 1.54) is 0 Å². The molecule has 0 aliphatic rings. The maximum Gasteiger partial charge on any atom is 0.211 e. The number of nitrogens with one attached hydrogen (secondary N) is 1. The van der Waals surface area contributed by atoms with Gasteiger partial charge >= 0.3 is 0 Å². The Hall–Kier alpha value is -1.92. The van der Waals surface area contributed by atoms with Crippen molar-refractivity contribution in [2.24, 2.45) is 0 Å². The Morgan fingerprint density at radius 2 is 1.28 bits per heavy atom. The zero-order valence-corrected chi connectivity index (χ0v) is 16.2. The molecule has 6 heteroatoms. The van der Waals surface area contributed by atoms with Gasteiger partial charge in [-0.3, -0.25) is 0 Å². The quantitative estimate of drug-likeness (QED) is 0.718. The summed E-state index contributed by atoms with van der Waals surface area (Å²) in [6, 6.07) is 14.3. The SMILES string of the molecule is CCCNC(O)=C(S(=O)c1ccc(C)cc1)S(=O)c1ccc(C)cc1. The molecule has 2 N–H and O–H groups in total. The number of benzene rings is 2. The van der Waals surface area contributed by atoms with Crippen LogP contribution in [0.25, 0.3) is 0 Å². The molecule has 134 valence electrons. The average Bonchev–Trinajstić information content (AvgIpc) is 2.61. The van der Waals surface area contributed by atoms with Crippen LogP contribution < -0.4 is 5.32 Å². The van der Waals surface area contributed by atoms with Crippen LogP contribution in [0, 0.1) is 13.8 Å². The molecule has 0 heterocycles. The number of aliphatic hydroxyl groups is 1. The fraction of sp³-hybridized carbons (Fsp3) is 0.263. The van der Waals surface area contributed by atoms with Gasteiger partial charge in [-0.2, -0.15) is 0 Å². The molecular weight excluding hydrogens is 354 g/mol. The summed E-state index contributed by atoms with van der Waals surface area (Å²) in [6.45, 7) is 6.34. The highest BCUT2D eigenvalue weighted by Crippen LogP contribution is 2.25. The topological polar surface area (TPSA) is 66.4 Å². The van der Waals surface area contributed by atoms with Crippen molar-refractivity contribution in [3.63, 3.8) is 0 Å². The van der Waals surface area contributed by atoms with Gasteiger partial charge in [0.25, 0.3) is 0 Å². The summed E-state index contributed by atoms with van der Waals surface area (Å²) in [6.07, 6.45) is 0.783. The zero-order valence-electron chi connectivity index (χ0n) is 14.6. The third-order valence-corrected chi connectivity index (χ3v) is 6.91. The van der Waals surface area contributed by atoms with E-state index in [2.05, 4.69) is 5.32 Å². The lowest BCUT2D eigenvalue weighted by Crippen LogP contribution is -2.19. The number of hydrogen-bond donors (Lipinski definition) is 2. The second-order valence-electron chi connectivity index (χ2n) is 5.73. The van der Waals surface area contributed by atoms with E-state index < -0.39 is 21.6 Å². The van der Waals surface area contributed by atoms with E-state index in [9.17, 15) is 13.5 Å². The first-order chi connectivity index (χ1) is 11.9. The molecule has 0 bridgehead atoms. The van der Waals surface area contributed by atoms with Crippen LogP contribution in [-0.2, 0) is 21.6 Å². The van der Waals surface area contributed by atoms with Gasteiger partial charge in [0, 0.05) is 16.3 Å². The van der Waals surface area contributed by atoms with E-state index in [0.717, 1.165) is 17.5 Å². The molecule has 4 nitrogen and oxygen atoms in total. The molecule has 2 rings (SSSR count). The Morgan fingerprint density at radius 1 is 0.880 bits per heavy atom. The van der Waals surface area contributed by atoms with Crippen LogP contribution in [0.4, 0.5) is 0 Å². The smallest absolute Gasteiger partial charge is 0.211 e. The summed E-state index contributed by atoms with van der Waals surface area (Å²) in [5.74, 6) is -0.278. The molecule has 0 saturated carbocycles. The molecule has 0 aliphatic heterocycles. The van der Waals surface area contributed by atoms with E-state index in [-0.39, 0.29) is 10.1 Å². The Bertz CT molecular complexity index is 737. The van der Waals surface area contributed by atoms with Gasteiger partial charge < -0.3 is 10.4 Å². The van der Waals surface area contributed by atoms with Crippen LogP contribution in [0.5, 0.6) is 0 Å². The van der Waals surface area contributed by atoms with E-state index in [0.29, 0.717) is 16.3 Å². The third-order valence-electron chi connectivity index (χ3n) is 3.54. The Labute approximate surface area is 153 Å². The fourth-order valence-electron chi connectivity index (χ4n) is 2.10. The summed E-state index contributed by atoms with van der Waals surface area (Å²) in [4.78, 5) is 1.01. The van der Waals surface area contributed by atoms with Crippen molar-refractivity contribution >= 4 is 21.6 Å². The summed E-state index contributed by atoms with van der Waals surface area (Å²) in [5.41, 5.74) is 2.08. The van der Waals surface area contributed by atoms with E-state index >= 15 is 0 Å². The Balaban J connectivity index is 2.45. The van der Waals surface area contributed by atoms with Gasteiger partial charge in [0.15, 0.2) is 4.24 Å². The minimum absolute atomic E-state index is 0.0128. The first-order valence-corrected chi connectivity index (χ1v) is 10.4. The molecule has 0 aromatic heterocycles. The summed E-state index contributed by atoms with van der Waals surface area (Å²) in [7, 11) is -3.46. The molecule has 2 atom stereocenters. The number of hydrogen-bond acceptors (Lipinski definition) is 4. The number of aryl methyl sites for hydroxylation is 2. The predicted molar refractivity (Wildman–Crippen MR) is 103 cm³/mol.